The van der Waals surface area contributed by atoms with Crippen LogP contribution < -0.4 is 5.32 Å². The maximum Gasteiger partial charge on any atom is 0.0326 e. The molecule has 1 N–H and O–H groups in total. The molecule has 0 fully saturated rings. The van der Waals surface area contributed by atoms with E-state index < -0.39 is 0 Å². The van der Waals surface area contributed by atoms with Gasteiger partial charge in [-0.2, -0.15) is 11.8 Å². The molecule has 0 heterocycles. The number of rotatable bonds is 6. The highest BCUT2D eigenvalue weighted by molar-refractivity contribution is 9.10. The molecule has 0 aromatic heterocycles. The number of thioether (sulfide) groups is 1. The van der Waals surface area contributed by atoms with Gasteiger partial charge < -0.3 is 5.32 Å². The van der Waals surface area contributed by atoms with Gasteiger partial charge in [0.05, 0.1) is 0 Å². The van der Waals surface area contributed by atoms with Gasteiger partial charge in [-0.1, -0.05) is 28.1 Å². The number of hydrogen-bond donors (Lipinski definition) is 1. The molecule has 0 aliphatic heterocycles. The number of nitrogens with one attached hydrogen (secondary N) is 1. The monoisotopic (exact) mass is 311 g/mol. The summed E-state index contributed by atoms with van der Waals surface area (Å²) in [5.41, 5.74) is 2.98. The van der Waals surface area contributed by atoms with Crippen molar-refractivity contribution in [1.82, 2.24) is 5.32 Å². The average Bonchev–Trinajstić information content (AvgIpc) is 2.71. The average molecular weight is 312 g/mol. The molecule has 1 aliphatic carbocycles. The van der Waals surface area contributed by atoms with Crippen molar-refractivity contribution in [2.24, 2.45) is 0 Å². The van der Waals surface area contributed by atoms with E-state index in [0.29, 0.717) is 6.04 Å². The molecule has 92 valence electrons. The maximum atomic E-state index is 3.73. The Hall–Kier alpha value is -0.250. The Morgan fingerprint density at radius 3 is 3.24 bits per heavy atom. The van der Waals surface area contributed by atoms with Crippen LogP contribution in [0.5, 0.6) is 0 Å². The molecular formula is C14H18BrNS. The molecule has 0 radical (unpaired) electrons. The van der Waals surface area contributed by atoms with Crippen LogP contribution in [0.4, 0.5) is 0 Å². The highest BCUT2D eigenvalue weighted by Gasteiger charge is 2.21. The van der Waals surface area contributed by atoms with E-state index in [4.69, 9.17) is 0 Å². The molecule has 0 spiro atoms. The smallest absolute Gasteiger partial charge is 0.0326 e. The molecule has 3 heteroatoms. The Labute approximate surface area is 116 Å². The minimum absolute atomic E-state index is 0.558. The van der Waals surface area contributed by atoms with Crippen LogP contribution in [0.15, 0.2) is 35.3 Å². The first kappa shape index (κ1) is 13.2. The van der Waals surface area contributed by atoms with Gasteiger partial charge >= 0.3 is 0 Å². The molecule has 1 unspecified atom stereocenters. The van der Waals surface area contributed by atoms with Gasteiger partial charge in [-0.05, 0) is 36.1 Å². The SMILES string of the molecule is C=CCSCCNC1CCc2cc(Br)ccc21. The quantitative estimate of drug-likeness (QED) is 0.631. The zero-order chi connectivity index (χ0) is 12.1. The fourth-order valence-corrected chi connectivity index (χ4v) is 3.27. The molecule has 1 nitrogen and oxygen atoms in total. The third kappa shape index (κ3) is 3.60. The third-order valence-electron chi connectivity index (χ3n) is 3.06. The van der Waals surface area contributed by atoms with Gasteiger partial charge in [0.25, 0.3) is 0 Å². The van der Waals surface area contributed by atoms with Crippen molar-refractivity contribution >= 4 is 27.7 Å². The van der Waals surface area contributed by atoms with E-state index in [0.717, 1.165) is 18.1 Å². The first-order valence-electron chi connectivity index (χ1n) is 6.01. The van der Waals surface area contributed by atoms with E-state index in [1.807, 2.05) is 17.8 Å². The third-order valence-corrected chi connectivity index (χ3v) is 4.51. The van der Waals surface area contributed by atoms with Crippen molar-refractivity contribution < 1.29 is 0 Å². The Bertz CT molecular complexity index is 392. The lowest BCUT2D eigenvalue weighted by Crippen LogP contribution is -2.21. The van der Waals surface area contributed by atoms with Gasteiger partial charge in [0.2, 0.25) is 0 Å². The largest absolute Gasteiger partial charge is 0.309 e. The van der Waals surface area contributed by atoms with Crippen molar-refractivity contribution in [3.8, 4) is 0 Å². The molecule has 1 aromatic rings. The van der Waals surface area contributed by atoms with Crippen molar-refractivity contribution in [1.29, 1.82) is 0 Å². The molecule has 1 aliphatic rings. The first-order chi connectivity index (χ1) is 8.31. The zero-order valence-electron chi connectivity index (χ0n) is 9.92. The van der Waals surface area contributed by atoms with Gasteiger partial charge in [-0.15, -0.1) is 6.58 Å². The van der Waals surface area contributed by atoms with Gasteiger partial charge in [-0.25, -0.2) is 0 Å². The van der Waals surface area contributed by atoms with Crippen LogP contribution in [0.2, 0.25) is 0 Å². The Morgan fingerprint density at radius 1 is 1.53 bits per heavy atom. The van der Waals surface area contributed by atoms with E-state index in [9.17, 15) is 0 Å². The van der Waals surface area contributed by atoms with E-state index in [1.54, 1.807) is 0 Å². The predicted molar refractivity (Wildman–Crippen MR) is 80.7 cm³/mol. The molecule has 1 atom stereocenters. The second kappa shape index (κ2) is 6.62. The summed E-state index contributed by atoms with van der Waals surface area (Å²) in [6, 6.07) is 7.21. The highest BCUT2D eigenvalue weighted by atomic mass is 79.9. The number of hydrogen-bond acceptors (Lipinski definition) is 2. The summed E-state index contributed by atoms with van der Waals surface area (Å²) < 4.78 is 1.19. The predicted octanol–water partition coefficient (Wildman–Crippen LogP) is 3.95. The standard InChI is InChI=1S/C14H18BrNS/c1-2-8-17-9-7-16-14-6-3-11-10-12(15)4-5-13(11)14/h2,4-5,10,14,16H,1,3,6-9H2. The van der Waals surface area contributed by atoms with Gasteiger partial charge in [0, 0.05) is 28.6 Å². The summed E-state index contributed by atoms with van der Waals surface area (Å²) >= 11 is 5.47. The number of aryl methyl sites for hydroxylation is 1. The van der Waals surface area contributed by atoms with Gasteiger partial charge in [0.1, 0.15) is 0 Å². The summed E-state index contributed by atoms with van der Waals surface area (Å²) in [7, 11) is 0. The lowest BCUT2D eigenvalue weighted by molar-refractivity contribution is 0.552. The molecule has 2 rings (SSSR count). The molecule has 17 heavy (non-hydrogen) atoms. The second-order valence-electron chi connectivity index (χ2n) is 4.25. The van der Waals surface area contributed by atoms with Crippen LogP contribution in [0.25, 0.3) is 0 Å². The molecule has 0 bridgehead atoms. The Morgan fingerprint density at radius 2 is 2.41 bits per heavy atom. The minimum atomic E-state index is 0.558. The van der Waals surface area contributed by atoms with Crippen molar-refractivity contribution in [3.05, 3.63) is 46.5 Å². The van der Waals surface area contributed by atoms with Crippen molar-refractivity contribution in [2.75, 3.05) is 18.1 Å². The summed E-state index contributed by atoms with van der Waals surface area (Å²) in [6.45, 7) is 4.81. The summed E-state index contributed by atoms with van der Waals surface area (Å²) in [4.78, 5) is 0. The first-order valence-corrected chi connectivity index (χ1v) is 7.96. The van der Waals surface area contributed by atoms with E-state index in [2.05, 4.69) is 46.0 Å². The number of halogens is 1. The Balaban J connectivity index is 1.83. The minimum Gasteiger partial charge on any atom is -0.309 e. The fraction of sp³-hybridized carbons (Fsp3) is 0.429. The molecule has 0 saturated carbocycles. The van der Waals surface area contributed by atoms with Crippen LogP contribution in [0, 0.1) is 0 Å². The lowest BCUT2D eigenvalue weighted by Gasteiger charge is -2.13. The summed E-state index contributed by atoms with van der Waals surface area (Å²) in [5, 5.41) is 3.65. The summed E-state index contributed by atoms with van der Waals surface area (Å²) in [5.74, 6) is 2.21. The van der Waals surface area contributed by atoms with Crippen LogP contribution in [-0.4, -0.2) is 18.1 Å². The molecule has 0 amide bonds. The molecular weight excluding hydrogens is 294 g/mol. The van der Waals surface area contributed by atoms with Gasteiger partial charge in [-0.3, -0.25) is 0 Å². The second-order valence-corrected chi connectivity index (χ2v) is 6.32. The van der Waals surface area contributed by atoms with E-state index in [1.165, 1.54) is 28.4 Å². The van der Waals surface area contributed by atoms with E-state index in [-0.39, 0.29) is 0 Å². The van der Waals surface area contributed by atoms with Crippen LogP contribution in [-0.2, 0) is 6.42 Å². The normalized spacial score (nSPS) is 18.1. The van der Waals surface area contributed by atoms with E-state index >= 15 is 0 Å². The maximum absolute atomic E-state index is 3.73. The van der Waals surface area contributed by atoms with Crippen LogP contribution in [0.3, 0.4) is 0 Å². The zero-order valence-corrected chi connectivity index (χ0v) is 12.3. The Kier molecular flexibility index (Phi) is 5.14. The topological polar surface area (TPSA) is 12.0 Å². The van der Waals surface area contributed by atoms with Crippen LogP contribution in [0.1, 0.15) is 23.6 Å². The van der Waals surface area contributed by atoms with Crippen molar-refractivity contribution in [3.63, 3.8) is 0 Å². The highest BCUT2D eigenvalue weighted by Crippen LogP contribution is 2.32. The fourth-order valence-electron chi connectivity index (χ4n) is 2.27. The number of fused-ring (bicyclic) bond motifs is 1. The van der Waals surface area contributed by atoms with Crippen LogP contribution >= 0.6 is 27.7 Å². The lowest BCUT2D eigenvalue weighted by atomic mass is 10.1. The number of benzene rings is 1. The van der Waals surface area contributed by atoms with Crippen molar-refractivity contribution in [2.45, 2.75) is 18.9 Å². The van der Waals surface area contributed by atoms with Gasteiger partial charge in [0.15, 0.2) is 0 Å². The molecule has 0 saturated heterocycles. The summed E-state index contributed by atoms with van der Waals surface area (Å²) in [6.07, 6.45) is 4.40. The molecule has 1 aromatic carbocycles.